The predicted octanol–water partition coefficient (Wildman–Crippen LogP) is 5.02. The Balaban J connectivity index is 2.10. The molecule has 146 valence electrons. The van der Waals surface area contributed by atoms with E-state index in [0.29, 0.717) is 23.4 Å². The van der Waals surface area contributed by atoms with Crippen molar-refractivity contribution in [2.75, 3.05) is 5.32 Å². The van der Waals surface area contributed by atoms with Gasteiger partial charge >= 0.3 is 6.18 Å². The van der Waals surface area contributed by atoms with Gasteiger partial charge in [-0.1, -0.05) is 30.7 Å². The molecule has 0 spiro atoms. The summed E-state index contributed by atoms with van der Waals surface area (Å²) < 4.78 is 40.5. The number of benzene rings is 1. The summed E-state index contributed by atoms with van der Waals surface area (Å²) in [6, 6.07) is 7.04. The number of anilines is 1. The third-order valence-corrected chi connectivity index (χ3v) is 4.43. The number of amides is 1. The van der Waals surface area contributed by atoms with Crippen LogP contribution in [-0.4, -0.2) is 21.1 Å². The van der Waals surface area contributed by atoms with Crippen molar-refractivity contribution >= 4 is 34.6 Å². The molecule has 0 radical (unpaired) electrons. The van der Waals surface area contributed by atoms with Crippen LogP contribution in [0.3, 0.4) is 0 Å². The van der Waals surface area contributed by atoms with Gasteiger partial charge < -0.3 is 5.32 Å². The van der Waals surface area contributed by atoms with E-state index in [2.05, 4.69) is 10.3 Å². The van der Waals surface area contributed by atoms with Gasteiger partial charge in [-0.15, -0.1) is 0 Å². The Labute approximate surface area is 163 Å². The molecule has 1 aromatic carbocycles. The number of ketones is 1. The second-order valence-corrected chi connectivity index (χ2v) is 6.53. The van der Waals surface area contributed by atoms with Crippen LogP contribution in [0.2, 0.25) is 5.02 Å². The van der Waals surface area contributed by atoms with Gasteiger partial charge in [0.25, 0.3) is 5.91 Å². The molecule has 0 aliphatic heterocycles. The molecule has 0 aliphatic rings. The minimum atomic E-state index is -4.63. The number of carbonyl (C=O) groups excluding carboxylic acids is 2. The van der Waals surface area contributed by atoms with Crippen molar-refractivity contribution in [2.45, 2.75) is 26.4 Å². The number of aromatic nitrogens is 2. The molecule has 0 unspecified atom stereocenters. The van der Waals surface area contributed by atoms with Gasteiger partial charge in [0.05, 0.1) is 16.3 Å². The maximum Gasteiger partial charge on any atom is 0.417 e. The number of hydrogen-bond donors (Lipinski definition) is 1. The summed E-state index contributed by atoms with van der Waals surface area (Å²) in [7, 11) is 0. The SMILES string of the molecule is CCc1nc2c(Cl)cc(C(F)(F)F)cn2c1C(=O)Nc1cccc(C(C)=O)c1. The molecule has 2 aromatic heterocycles. The van der Waals surface area contributed by atoms with Crippen molar-refractivity contribution in [1.29, 1.82) is 0 Å². The highest BCUT2D eigenvalue weighted by atomic mass is 35.5. The Morgan fingerprint density at radius 3 is 2.57 bits per heavy atom. The number of aryl methyl sites for hydroxylation is 1. The molecule has 5 nitrogen and oxygen atoms in total. The third kappa shape index (κ3) is 3.73. The van der Waals surface area contributed by atoms with Crippen LogP contribution in [0.4, 0.5) is 18.9 Å². The molecular formula is C19H15ClF3N3O2. The average molecular weight is 410 g/mol. The predicted molar refractivity (Wildman–Crippen MR) is 99.0 cm³/mol. The number of carbonyl (C=O) groups is 2. The molecule has 9 heteroatoms. The Hall–Kier alpha value is -2.87. The molecule has 0 saturated heterocycles. The Kier molecular flexibility index (Phi) is 5.16. The van der Waals surface area contributed by atoms with Crippen LogP contribution in [0.25, 0.3) is 5.65 Å². The maximum absolute atomic E-state index is 13.2. The van der Waals surface area contributed by atoms with E-state index in [4.69, 9.17) is 11.6 Å². The van der Waals surface area contributed by atoms with Crippen LogP contribution < -0.4 is 5.32 Å². The van der Waals surface area contributed by atoms with E-state index in [0.717, 1.165) is 16.7 Å². The number of nitrogens with one attached hydrogen (secondary N) is 1. The molecule has 2 heterocycles. The molecule has 28 heavy (non-hydrogen) atoms. The lowest BCUT2D eigenvalue weighted by molar-refractivity contribution is -0.137. The molecular weight excluding hydrogens is 395 g/mol. The maximum atomic E-state index is 13.2. The molecule has 0 fully saturated rings. The lowest BCUT2D eigenvalue weighted by atomic mass is 10.1. The normalized spacial score (nSPS) is 11.6. The fourth-order valence-electron chi connectivity index (χ4n) is 2.80. The average Bonchev–Trinajstić information content (AvgIpc) is 3.00. The molecule has 3 aromatic rings. The first-order chi connectivity index (χ1) is 13.1. The number of Topliss-reactive ketones (excluding diaryl/α,β-unsaturated/α-hetero) is 1. The van der Waals surface area contributed by atoms with Crippen molar-refractivity contribution < 1.29 is 22.8 Å². The summed E-state index contributed by atoms with van der Waals surface area (Å²) in [5, 5.41) is 2.40. The van der Waals surface area contributed by atoms with Gasteiger partial charge in [-0.2, -0.15) is 13.2 Å². The van der Waals surface area contributed by atoms with E-state index in [1.165, 1.54) is 13.0 Å². The zero-order chi connectivity index (χ0) is 20.6. The van der Waals surface area contributed by atoms with Crippen molar-refractivity contribution in [3.8, 4) is 0 Å². The second kappa shape index (κ2) is 7.27. The van der Waals surface area contributed by atoms with Crippen molar-refractivity contribution in [3.63, 3.8) is 0 Å². The van der Waals surface area contributed by atoms with Crippen LogP contribution in [0.15, 0.2) is 36.5 Å². The van der Waals surface area contributed by atoms with Gasteiger partial charge in [-0.05, 0) is 31.5 Å². The lowest BCUT2D eigenvalue weighted by Gasteiger charge is -2.11. The number of halogens is 4. The summed E-state index contributed by atoms with van der Waals surface area (Å²) in [4.78, 5) is 28.6. The first-order valence-electron chi connectivity index (χ1n) is 8.31. The lowest BCUT2D eigenvalue weighted by Crippen LogP contribution is -2.17. The largest absolute Gasteiger partial charge is 0.417 e. The fourth-order valence-corrected chi connectivity index (χ4v) is 3.05. The summed E-state index contributed by atoms with van der Waals surface area (Å²) in [5.41, 5.74) is 0.0776. The van der Waals surface area contributed by atoms with E-state index >= 15 is 0 Å². The summed E-state index contributed by atoms with van der Waals surface area (Å²) >= 11 is 5.98. The van der Waals surface area contributed by atoms with E-state index in [1.807, 2.05) is 0 Å². The molecule has 0 aliphatic carbocycles. The van der Waals surface area contributed by atoms with Gasteiger partial charge in [0, 0.05) is 17.4 Å². The number of nitrogens with zero attached hydrogens (tertiary/aromatic N) is 2. The number of fused-ring (bicyclic) bond motifs is 1. The zero-order valence-corrected chi connectivity index (χ0v) is 15.6. The molecule has 0 bridgehead atoms. The van der Waals surface area contributed by atoms with Gasteiger partial charge in [0.2, 0.25) is 0 Å². The van der Waals surface area contributed by atoms with Crippen molar-refractivity contribution in [3.05, 3.63) is 64.1 Å². The van der Waals surface area contributed by atoms with E-state index in [-0.39, 0.29) is 22.1 Å². The minimum Gasteiger partial charge on any atom is -0.321 e. The number of pyridine rings is 1. The Bertz CT molecular complexity index is 1090. The van der Waals surface area contributed by atoms with Gasteiger partial charge in [0.1, 0.15) is 5.69 Å². The quantitative estimate of drug-likeness (QED) is 0.615. The first-order valence-corrected chi connectivity index (χ1v) is 8.69. The summed E-state index contributed by atoms with van der Waals surface area (Å²) in [5.74, 6) is -0.831. The van der Waals surface area contributed by atoms with Gasteiger partial charge in [-0.25, -0.2) is 4.98 Å². The fraction of sp³-hybridized carbons (Fsp3) is 0.211. The monoisotopic (exact) mass is 409 g/mol. The second-order valence-electron chi connectivity index (χ2n) is 6.12. The highest BCUT2D eigenvalue weighted by molar-refractivity contribution is 6.33. The zero-order valence-electron chi connectivity index (χ0n) is 14.9. The number of rotatable bonds is 4. The standard InChI is InChI=1S/C19H15ClF3N3O2/c1-3-15-16(18(28)24-13-6-4-5-11(7-13)10(2)27)26-9-12(19(21,22)23)8-14(20)17(26)25-15/h4-9H,3H2,1-2H3,(H,24,28). The van der Waals surface area contributed by atoms with Crippen LogP contribution in [0, 0.1) is 0 Å². The van der Waals surface area contributed by atoms with E-state index in [1.54, 1.807) is 25.1 Å². The third-order valence-electron chi connectivity index (χ3n) is 4.15. The van der Waals surface area contributed by atoms with Crippen molar-refractivity contribution in [1.82, 2.24) is 9.38 Å². The van der Waals surface area contributed by atoms with E-state index < -0.39 is 17.6 Å². The highest BCUT2D eigenvalue weighted by Crippen LogP contribution is 2.33. The smallest absolute Gasteiger partial charge is 0.321 e. The molecule has 3 rings (SSSR count). The molecule has 1 amide bonds. The minimum absolute atomic E-state index is 0.0428. The Morgan fingerprint density at radius 2 is 1.96 bits per heavy atom. The number of alkyl halides is 3. The summed E-state index contributed by atoms with van der Waals surface area (Å²) in [6.45, 7) is 3.12. The molecule has 0 atom stereocenters. The van der Waals surface area contributed by atoms with Gasteiger partial charge in [-0.3, -0.25) is 14.0 Å². The van der Waals surface area contributed by atoms with Gasteiger partial charge in [0.15, 0.2) is 11.4 Å². The number of imidazole rings is 1. The molecule has 0 saturated carbocycles. The van der Waals surface area contributed by atoms with Crippen LogP contribution >= 0.6 is 11.6 Å². The van der Waals surface area contributed by atoms with Crippen LogP contribution in [0.5, 0.6) is 0 Å². The number of hydrogen-bond acceptors (Lipinski definition) is 3. The topological polar surface area (TPSA) is 63.5 Å². The first kappa shape index (κ1) is 19.9. The Morgan fingerprint density at radius 1 is 1.25 bits per heavy atom. The van der Waals surface area contributed by atoms with E-state index in [9.17, 15) is 22.8 Å². The molecule has 1 N–H and O–H groups in total. The van der Waals surface area contributed by atoms with Crippen molar-refractivity contribution in [2.24, 2.45) is 0 Å². The van der Waals surface area contributed by atoms with Crippen LogP contribution in [-0.2, 0) is 12.6 Å². The van der Waals surface area contributed by atoms with Crippen LogP contribution in [0.1, 0.15) is 46.0 Å². The highest BCUT2D eigenvalue weighted by Gasteiger charge is 2.33. The summed E-state index contributed by atoms with van der Waals surface area (Å²) in [6.07, 6.45) is -3.51.